The van der Waals surface area contributed by atoms with Gasteiger partial charge in [0, 0.05) is 6.92 Å². The monoisotopic (exact) mass is 149 g/mol. The van der Waals surface area contributed by atoms with Crippen LogP contribution in [-0.2, 0) is 9.68 Å². The first-order valence-corrected chi connectivity index (χ1v) is 2.86. The highest BCUT2D eigenvalue weighted by Crippen LogP contribution is 1.73. The number of hydrogen-bond donors (Lipinski definition) is 0. The highest BCUT2D eigenvalue weighted by atomic mass is 17.1. The summed E-state index contributed by atoms with van der Waals surface area (Å²) in [5, 5.41) is 8.78. The molecular weight excluding hydrogens is 134 g/mol. The Hall–Kier alpha value is -0.610. The Bertz CT molecular complexity index is 89.7. The van der Waals surface area contributed by atoms with E-state index < -0.39 is 5.97 Å². The lowest BCUT2D eigenvalue weighted by Gasteiger charge is -2.14. The number of hydrogen-bond acceptors (Lipinski definition) is 3. The molecule has 0 amide bonds. The number of nitrogens with zero attached hydrogens (tertiary/aromatic N) is 1. The fraction of sp³-hybridized carbons (Fsp3) is 0.833. The predicted octanol–water partition coefficient (Wildman–Crippen LogP) is -0.853. The average Bonchev–Trinajstić information content (AvgIpc) is 1.61. The smallest absolute Gasteiger partial charge is 0.296 e. The maximum atomic E-state index is 9.28. The average molecular weight is 149 g/mol. The van der Waals surface area contributed by atoms with E-state index in [1.807, 2.05) is 0 Å². The van der Waals surface area contributed by atoms with Crippen molar-refractivity contribution in [1.82, 2.24) is 0 Å². The zero-order chi connectivity index (χ0) is 8.78. The second-order valence-electron chi connectivity index (χ2n) is 3.26. The molecule has 0 heterocycles. The zero-order valence-corrected chi connectivity index (χ0v) is 7.17. The van der Waals surface area contributed by atoms with Crippen molar-refractivity contribution in [1.29, 1.82) is 0 Å². The number of quaternary nitrogens is 1. The predicted molar refractivity (Wildman–Crippen MR) is 35.7 cm³/mol. The van der Waals surface area contributed by atoms with Gasteiger partial charge in [0.15, 0.2) is 0 Å². The van der Waals surface area contributed by atoms with E-state index in [-0.39, 0.29) is 0 Å². The summed E-state index contributed by atoms with van der Waals surface area (Å²) in [5.41, 5.74) is 0. The SMILES string of the molecule is CC(=O)O[O-].C[N+](C)(C)C. The Kier molecular flexibility index (Phi) is 6.29. The van der Waals surface area contributed by atoms with Gasteiger partial charge in [0.25, 0.3) is 5.97 Å². The van der Waals surface area contributed by atoms with Gasteiger partial charge in [-0.3, -0.25) is 4.79 Å². The minimum absolute atomic E-state index is 0.801. The third-order valence-electron chi connectivity index (χ3n) is 0.117. The van der Waals surface area contributed by atoms with Crippen LogP contribution in [0.5, 0.6) is 0 Å². The summed E-state index contributed by atoms with van der Waals surface area (Å²) in [4.78, 5) is 12.1. The molecule has 0 radical (unpaired) electrons. The molecule has 0 N–H and O–H groups in total. The molecule has 0 aromatic rings. The van der Waals surface area contributed by atoms with Gasteiger partial charge >= 0.3 is 0 Å². The maximum Gasteiger partial charge on any atom is 0.296 e. The molecule has 0 fully saturated rings. The van der Waals surface area contributed by atoms with Crippen LogP contribution < -0.4 is 5.26 Å². The van der Waals surface area contributed by atoms with Gasteiger partial charge in [-0.25, -0.2) is 0 Å². The van der Waals surface area contributed by atoms with Gasteiger partial charge in [-0.2, -0.15) is 0 Å². The second kappa shape index (κ2) is 5.20. The van der Waals surface area contributed by atoms with Crippen LogP contribution in [0.15, 0.2) is 0 Å². The van der Waals surface area contributed by atoms with Crippen molar-refractivity contribution in [3.05, 3.63) is 0 Å². The summed E-state index contributed by atoms with van der Waals surface area (Å²) < 4.78 is 1.00. The molecule has 0 rings (SSSR count). The molecule has 0 aromatic heterocycles. The molecule has 0 unspecified atom stereocenters. The summed E-state index contributed by atoms with van der Waals surface area (Å²) in [6.45, 7) is 1.05. The van der Waals surface area contributed by atoms with Gasteiger partial charge in [0.2, 0.25) is 0 Å². The third kappa shape index (κ3) is 156. The summed E-state index contributed by atoms with van der Waals surface area (Å²) >= 11 is 0. The fourth-order valence-corrected chi connectivity index (χ4v) is 0. The topological polar surface area (TPSA) is 49.4 Å². The molecule has 4 heteroatoms. The quantitative estimate of drug-likeness (QED) is 0.256. The molecule has 62 valence electrons. The highest BCUT2D eigenvalue weighted by molar-refractivity contribution is 5.64. The summed E-state index contributed by atoms with van der Waals surface area (Å²) in [5.74, 6) is -0.801. The summed E-state index contributed by atoms with van der Waals surface area (Å²) in [6, 6.07) is 0. The molecule has 4 nitrogen and oxygen atoms in total. The standard InChI is InChI=1S/C4H12N.C2H4O3/c1-5(2,3)4;1-2(3)5-4/h1-4H3;4H,1H3/q+1;/p-1. The van der Waals surface area contributed by atoms with Gasteiger partial charge in [0.05, 0.1) is 28.2 Å². The Balaban J connectivity index is 0. The highest BCUT2D eigenvalue weighted by Gasteiger charge is 1.88. The Morgan fingerprint density at radius 3 is 1.40 bits per heavy atom. The molecule has 10 heavy (non-hydrogen) atoms. The first-order chi connectivity index (χ1) is 4.27. The lowest BCUT2D eigenvalue weighted by atomic mass is 10.8. The van der Waals surface area contributed by atoms with E-state index in [0.29, 0.717) is 0 Å². The van der Waals surface area contributed by atoms with E-state index in [4.69, 9.17) is 5.26 Å². The van der Waals surface area contributed by atoms with Crippen LogP contribution in [-0.4, -0.2) is 38.6 Å². The van der Waals surface area contributed by atoms with E-state index in [1.165, 1.54) is 0 Å². The molecule has 0 aromatic carbocycles. The van der Waals surface area contributed by atoms with Crippen molar-refractivity contribution in [2.75, 3.05) is 28.2 Å². The molecule has 0 saturated heterocycles. The molecule has 0 aliphatic heterocycles. The van der Waals surface area contributed by atoms with Crippen LogP contribution >= 0.6 is 0 Å². The van der Waals surface area contributed by atoms with Crippen LogP contribution in [0.3, 0.4) is 0 Å². The Labute approximate surface area is 61.5 Å². The molecule has 0 atom stereocenters. The van der Waals surface area contributed by atoms with Crippen LogP contribution in [0.1, 0.15) is 6.92 Å². The number of carbonyl (C=O) groups excluding carboxylic acids is 1. The largest absolute Gasteiger partial charge is 0.662 e. The van der Waals surface area contributed by atoms with Crippen LogP contribution in [0.25, 0.3) is 0 Å². The van der Waals surface area contributed by atoms with E-state index in [2.05, 4.69) is 33.1 Å². The number of rotatable bonds is 0. The van der Waals surface area contributed by atoms with E-state index in [9.17, 15) is 4.79 Å². The van der Waals surface area contributed by atoms with Crippen LogP contribution in [0, 0.1) is 0 Å². The molecular formula is C6H15NO3. The summed E-state index contributed by atoms with van der Waals surface area (Å²) in [6.07, 6.45) is 0. The molecule has 0 spiro atoms. The molecule has 0 aliphatic carbocycles. The number of carbonyl (C=O) groups is 1. The Morgan fingerprint density at radius 2 is 1.40 bits per heavy atom. The Morgan fingerprint density at radius 1 is 1.30 bits per heavy atom. The van der Waals surface area contributed by atoms with Crippen molar-refractivity contribution >= 4 is 5.97 Å². The normalized spacial score (nSPS) is 9.40. The second-order valence-corrected chi connectivity index (χ2v) is 3.26. The van der Waals surface area contributed by atoms with E-state index in [0.717, 1.165) is 11.4 Å². The van der Waals surface area contributed by atoms with Gasteiger partial charge in [0.1, 0.15) is 0 Å². The van der Waals surface area contributed by atoms with Crippen molar-refractivity contribution in [3.63, 3.8) is 0 Å². The van der Waals surface area contributed by atoms with E-state index >= 15 is 0 Å². The fourth-order valence-electron chi connectivity index (χ4n) is 0. The van der Waals surface area contributed by atoms with Gasteiger partial charge in [-0.15, -0.1) is 0 Å². The van der Waals surface area contributed by atoms with Gasteiger partial charge in [-0.05, 0) is 0 Å². The minimum Gasteiger partial charge on any atom is -0.662 e. The molecule has 0 saturated carbocycles. The molecule has 0 bridgehead atoms. The first-order valence-electron chi connectivity index (χ1n) is 2.86. The van der Waals surface area contributed by atoms with Crippen molar-refractivity contribution in [2.24, 2.45) is 0 Å². The zero-order valence-electron chi connectivity index (χ0n) is 7.17. The van der Waals surface area contributed by atoms with Crippen molar-refractivity contribution in [3.8, 4) is 0 Å². The van der Waals surface area contributed by atoms with E-state index in [1.54, 1.807) is 0 Å². The van der Waals surface area contributed by atoms with Crippen LogP contribution in [0.2, 0.25) is 0 Å². The lowest BCUT2D eigenvalue weighted by molar-refractivity contribution is -0.849. The van der Waals surface area contributed by atoms with Crippen molar-refractivity contribution in [2.45, 2.75) is 6.92 Å². The first kappa shape index (κ1) is 12.1. The van der Waals surface area contributed by atoms with Gasteiger partial charge < -0.3 is 14.6 Å². The minimum atomic E-state index is -0.801. The lowest BCUT2D eigenvalue weighted by Crippen LogP contribution is -2.27. The third-order valence-corrected chi connectivity index (χ3v) is 0.117. The summed E-state index contributed by atoms with van der Waals surface area (Å²) in [7, 11) is 8.50. The van der Waals surface area contributed by atoms with Crippen LogP contribution in [0.4, 0.5) is 0 Å². The maximum absolute atomic E-state index is 9.28. The van der Waals surface area contributed by atoms with Gasteiger partial charge in [-0.1, -0.05) is 0 Å². The molecule has 0 aliphatic rings. The van der Waals surface area contributed by atoms with Crippen molar-refractivity contribution < 1.29 is 19.4 Å².